The number of hydrogen-bond donors (Lipinski definition) is 1. The minimum Gasteiger partial charge on any atom is -0.476 e. The van der Waals surface area contributed by atoms with E-state index in [0.717, 1.165) is 42.0 Å². The minimum atomic E-state index is -1.06. The van der Waals surface area contributed by atoms with Gasteiger partial charge in [-0.1, -0.05) is 12.1 Å². The Morgan fingerprint density at radius 1 is 1.46 bits per heavy atom. The van der Waals surface area contributed by atoms with Gasteiger partial charge in [0.15, 0.2) is 5.69 Å². The molecule has 1 aliphatic rings. The van der Waals surface area contributed by atoms with Crippen molar-refractivity contribution in [3.8, 4) is 0 Å². The SMILES string of the molecule is CCc1cc2c(N3CCC(n4cc(C(=O)O)nn4)C3)ncnc2s1. The molecule has 1 N–H and O–H groups in total. The smallest absolute Gasteiger partial charge is 0.358 e. The molecule has 0 aliphatic carbocycles. The fraction of sp³-hybridized carbons (Fsp3) is 0.400. The van der Waals surface area contributed by atoms with E-state index in [1.54, 1.807) is 22.3 Å². The quantitative estimate of drug-likeness (QED) is 0.773. The van der Waals surface area contributed by atoms with Gasteiger partial charge in [-0.05, 0) is 18.9 Å². The molecular formula is C15H16N6O2S. The van der Waals surface area contributed by atoms with Crippen LogP contribution in [0.1, 0.15) is 34.8 Å². The molecule has 124 valence electrons. The third-order valence-corrected chi connectivity index (χ3v) is 5.46. The van der Waals surface area contributed by atoms with Crippen molar-refractivity contribution in [2.45, 2.75) is 25.8 Å². The third kappa shape index (κ3) is 2.50. The van der Waals surface area contributed by atoms with Crippen molar-refractivity contribution >= 4 is 33.3 Å². The Kier molecular flexibility index (Phi) is 3.64. The van der Waals surface area contributed by atoms with Crippen LogP contribution in [0, 0.1) is 0 Å². The highest BCUT2D eigenvalue weighted by atomic mass is 32.1. The van der Waals surface area contributed by atoms with E-state index < -0.39 is 5.97 Å². The molecule has 1 unspecified atom stereocenters. The lowest BCUT2D eigenvalue weighted by molar-refractivity contribution is 0.0690. The summed E-state index contributed by atoms with van der Waals surface area (Å²) < 4.78 is 1.65. The summed E-state index contributed by atoms with van der Waals surface area (Å²) in [4.78, 5) is 24.3. The number of thiophene rings is 1. The molecule has 4 heterocycles. The number of nitrogens with zero attached hydrogens (tertiary/aromatic N) is 6. The molecule has 0 bridgehead atoms. The Hall–Kier alpha value is -2.55. The largest absolute Gasteiger partial charge is 0.476 e. The maximum Gasteiger partial charge on any atom is 0.358 e. The lowest BCUT2D eigenvalue weighted by atomic mass is 10.3. The normalized spacial score (nSPS) is 17.7. The summed E-state index contributed by atoms with van der Waals surface area (Å²) in [5.41, 5.74) is -0.0247. The predicted octanol–water partition coefficient (Wildman–Crippen LogP) is 1.99. The summed E-state index contributed by atoms with van der Waals surface area (Å²) in [5.74, 6) is -0.115. The molecule has 8 nitrogen and oxygen atoms in total. The molecule has 0 saturated carbocycles. The molecule has 24 heavy (non-hydrogen) atoms. The second-order valence-corrected chi connectivity index (χ2v) is 6.88. The van der Waals surface area contributed by atoms with Gasteiger partial charge in [0, 0.05) is 18.0 Å². The van der Waals surface area contributed by atoms with Crippen LogP contribution >= 0.6 is 11.3 Å². The van der Waals surface area contributed by atoms with Gasteiger partial charge in [-0.15, -0.1) is 16.4 Å². The summed E-state index contributed by atoms with van der Waals surface area (Å²) in [6, 6.07) is 2.26. The lowest BCUT2D eigenvalue weighted by Gasteiger charge is -2.17. The van der Waals surface area contributed by atoms with Crippen molar-refractivity contribution in [1.82, 2.24) is 25.0 Å². The van der Waals surface area contributed by atoms with E-state index in [4.69, 9.17) is 5.11 Å². The number of carboxylic acids is 1. The number of hydrogen-bond acceptors (Lipinski definition) is 7. The Labute approximate surface area is 141 Å². The van der Waals surface area contributed by atoms with Gasteiger partial charge >= 0.3 is 5.97 Å². The van der Waals surface area contributed by atoms with Crippen LogP contribution in [-0.2, 0) is 6.42 Å². The first-order valence-electron chi connectivity index (χ1n) is 7.79. The fourth-order valence-corrected chi connectivity index (χ4v) is 3.95. The Bertz CT molecular complexity index is 904. The van der Waals surface area contributed by atoms with E-state index in [1.807, 2.05) is 0 Å². The van der Waals surface area contributed by atoms with E-state index in [2.05, 4.69) is 38.2 Å². The van der Waals surface area contributed by atoms with Crippen LogP contribution < -0.4 is 4.90 Å². The Balaban J connectivity index is 1.60. The number of aryl methyl sites for hydroxylation is 1. The lowest BCUT2D eigenvalue weighted by Crippen LogP contribution is -2.22. The highest BCUT2D eigenvalue weighted by Crippen LogP contribution is 2.33. The average Bonchev–Trinajstić information content (AvgIpc) is 3.31. The number of carboxylic acid groups (broad SMARTS) is 1. The topological polar surface area (TPSA) is 97.0 Å². The van der Waals surface area contributed by atoms with Crippen LogP contribution in [0.25, 0.3) is 10.2 Å². The number of fused-ring (bicyclic) bond motifs is 1. The van der Waals surface area contributed by atoms with E-state index in [-0.39, 0.29) is 11.7 Å². The predicted molar refractivity (Wildman–Crippen MR) is 89.6 cm³/mol. The second kappa shape index (κ2) is 5.82. The second-order valence-electron chi connectivity index (χ2n) is 5.76. The van der Waals surface area contributed by atoms with Crippen molar-refractivity contribution in [3.05, 3.63) is 29.2 Å². The monoisotopic (exact) mass is 344 g/mol. The van der Waals surface area contributed by atoms with E-state index in [1.165, 1.54) is 11.1 Å². The van der Waals surface area contributed by atoms with Gasteiger partial charge < -0.3 is 10.0 Å². The zero-order valence-electron chi connectivity index (χ0n) is 13.1. The van der Waals surface area contributed by atoms with Crippen LogP contribution in [0.3, 0.4) is 0 Å². The van der Waals surface area contributed by atoms with E-state index >= 15 is 0 Å². The standard InChI is InChI=1S/C15H16N6O2S/c1-2-10-5-11-13(16-8-17-14(11)24-10)20-4-3-9(6-20)21-7-12(15(22)23)18-19-21/h5,7-9H,2-4,6H2,1H3,(H,22,23). The van der Waals surface area contributed by atoms with Gasteiger partial charge in [0.05, 0.1) is 17.6 Å². The summed E-state index contributed by atoms with van der Waals surface area (Å²) in [5, 5.41) is 17.7. The molecule has 1 saturated heterocycles. The first-order chi connectivity index (χ1) is 11.7. The van der Waals surface area contributed by atoms with Crippen LogP contribution in [0.4, 0.5) is 5.82 Å². The number of anilines is 1. The fourth-order valence-electron chi connectivity index (χ4n) is 3.02. The maximum absolute atomic E-state index is 11.0. The van der Waals surface area contributed by atoms with Gasteiger partial charge in [0.25, 0.3) is 0 Å². The third-order valence-electron chi connectivity index (χ3n) is 4.27. The number of carbonyl (C=O) groups is 1. The van der Waals surface area contributed by atoms with Crippen LogP contribution in [0.15, 0.2) is 18.6 Å². The molecule has 9 heteroatoms. The molecule has 3 aromatic rings. The zero-order valence-corrected chi connectivity index (χ0v) is 13.9. The van der Waals surface area contributed by atoms with Crippen molar-refractivity contribution in [1.29, 1.82) is 0 Å². The summed E-state index contributed by atoms with van der Waals surface area (Å²) in [6.45, 7) is 3.70. The number of aromatic carboxylic acids is 1. The molecule has 3 aromatic heterocycles. The molecule has 1 fully saturated rings. The molecule has 0 aromatic carbocycles. The Morgan fingerprint density at radius 2 is 2.33 bits per heavy atom. The highest BCUT2D eigenvalue weighted by Gasteiger charge is 2.28. The number of aromatic nitrogens is 5. The van der Waals surface area contributed by atoms with Crippen LogP contribution in [0.2, 0.25) is 0 Å². The van der Waals surface area contributed by atoms with Gasteiger partial charge in [-0.2, -0.15) is 0 Å². The van der Waals surface area contributed by atoms with Crippen LogP contribution in [0.5, 0.6) is 0 Å². The molecule has 0 spiro atoms. The summed E-state index contributed by atoms with van der Waals surface area (Å²) in [7, 11) is 0. The van der Waals surface area contributed by atoms with Gasteiger partial charge in [0.1, 0.15) is 17.0 Å². The maximum atomic E-state index is 11.0. The highest BCUT2D eigenvalue weighted by molar-refractivity contribution is 7.18. The van der Waals surface area contributed by atoms with E-state index in [0.29, 0.717) is 0 Å². The molecule has 1 aliphatic heterocycles. The minimum absolute atomic E-state index is 0.0247. The van der Waals surface area contributed by atoms with Gasteiger partial charge in [-0.25, -0.2) is 19.4 Å². The van der Waals surface area contributed by atoms with Gasteiger partial charge in [-0.3, -0.25) is 0 Å². The van der Waals surface area contributed by atoms with Crippen molar-refractivity contribution in [2.24, 2.45) is 0 Å². The zero-order chi connectivity index (χ0) is 16.7. The van der Waals surface area contributed by atoms with Gasteiger partial charge in [0.2, 0.25) is 0 Å². The summed E-state index contributed by atoms with van der Waals surface area (Å²) >= 11 is 1.70. The molecule has 0 radical (unpaired) electrons. The number of rotatable bonds is 4. The first kappa shape index (κ1) is 15.0. The molecule has 1 atom stereocenters. The Morgan fingerprint density at radius 3 is 3.08 bits per heavy atom. The molecule has 4 rings (SSSR count). The first-order valence-corrected chi connectivity index (χ1v) is 8.61. The molecule has 0 amide bonds. The van der Waals surface area contributed by atoms with E-state index in [9.17, 15) is 4.79 Å². The van der Waals surface area contributed by atoms with Crippen molar-refractivity contribution in [2.75, 3.05) is 18.0 Å². The average molecular weight is 344 g/mol. The van der Waals surface area contributed by atoms with Crippen LogP contribution in [-0.4, -0.2) is 49.1 Å². The molecular weight excluding hydrogens is 328 g/mol. The van der Waals surface area contributed by atoms with Crippen molar-refractivity contribution in [3.63, 3.8) is 0 Å². The van der Waals surface area contributed by atoms with Crippen molar-refractivity contribution < 1.29 is 9.90 Å². The summed E-state index contributed by atoms with van der Waals surface area (Å²) in [6.07, 6.45) is 4.96.